The number of carbonyl (C=O) groups excluding carboxylic acids is 1. The molecule has 2 atom stereocenters. The van der Waals surface area contributed by atoms with E-state index < -0.39 is 24.1 Å². The fourth-order valence-corrected chi connectivity index (χ4v) is 2.87. The maximum atomic E-state index is 12.5. The van der Waals surface area contributed by atoms with Gasteiger partial charge in [-0.3, -0.25) is 0 Å². The molecular weight excluding hydrogens is 396 g/mol. The first-order valence-corrected chi connectivity index (χ1v) is 9.80. The van der Waals surface area contributed by atoms with Crippen LogP contribution in [-0.2, 0) is 23.8 Å². The monoisotopic (exact) mass is 418 g/mol. The summed E-state index contributed by atoms with van der Waals surface area (Å²) in [6.45, 7) is 1.79. The van der Waals surface area contributed by atoms with Crippen LogP contribution in [0.15, 0.2) is 48.5 Å². The molecule has 0 aromatic heterocycles. The van der Waals surface area contributed by atoms with Gasteiger partial charge in [0.1, 0.15) is 6.61 Å². The molecule has 0 heterocycles. The second kappa shape index (κ2) is 9.87. The molecule has 1 N–H and O–H groups in total. The number of carboxylic acid groups (broad SMARTS) is 1. The number of aliphatic carboxylic acids is 1. The molecule has 0 bridgehead atoms. The molecule has 154 valence electrons. The van der Waals surface area contributed by atoms with Crippen molar-refractivity contribution in [1.29, 1.82) is 0 Å². The molecule has 0 saturated heterocycles. The molecule has 3 rings (SSSR count). The predicted molar refractivity (Wildman–Crippen MR) is 107 cm³/mol. The van der Waals surface area contributed by atoms with Gasteiger partial charge in [0.2, 0.25) is 0 Å². The van der Waals surface area contributed by atoms with Gasteiger partial charge < -0.3 is 19.3 Å². The van der Waals surface area contributed by atoms with Gasteiger partial charge in [0.25, 0.3) is 0 Å². The second-order valence-electron chi connectivity index (χ2n) is 6.93. The first-order valence-electron chi connectivity index (χ1n) is 9.42. The third-order valence-corrected chi connectivity index (χ3v) is 4.71. The molecule has 0 radical (unpaired) electrons. The van der Waals surface area contributed by atoms with Crippen molar-refractivity contribution in [1.82, 2.24) is 0 Å². The van der Waals surface area contributed by atoms with Crippen LogP contribution in [0.2, 0.25) is 5.02 Å². The lowest BCUT2D eigenvalue weighted by molar-refractivity contribution is -0.162. The van der Waals surface area contributed by atoms with Gasteiger partial charge in [-0.2, -0.15) is 0 Å². The van der Waals surface area contributed by atoms with Crippen LogP contribution in [0, 0.1) is 6.92 Å². The van der Waals surface area contributed by atoms with E-state index in [9.17, 15) is 14.7 Å². The highest BCUT2D eigenvalue weighted by atomic mass is 35.5. The highest BCUT2D eigenvalue weighted by molar-refractivity contribution is 6.30. The van der Waals surface area contributed by atoms with Crippen LogP contribution in [0.1, 0.15) is 41.7 Å². The Balaban J connectivity index is 1.54. The molecule has 2 aromatic carbocycles. The van der Waals surface area contributed by atoms with Crippen molar-refractivity contribution < 1.29 is 28.9 Å². The van der Waals surface area contributed by atoms with Crippen LogP contribution in [0.3, 0.4) is 0 Å². The fourth-order valence-electron chi connectivity index (χ4n) is 2.74. The summed E-state index contributed by atoms with van der Waals surface area (Å²) in [6.07, 6.45) is -0.0807. The van der Waals surface area contributed by atoms with Gasteiger partial charge in [-0.15, -0.1) is 0 Å². The maximum absolute atomic E-state index is 12.5. The van der Waals surface area contributed by atoms with E-state index in [1.807, 2.05) is 19.1 Å². The van der Waals surface area contributed by atoms with Crippen molar-refractivity contribution in [3.8, 4) is 0 Å². The van der Waals surface area contributed by atoms with Crippen LogP contribution >= 0.6 is 11.6 Å². The lowest BCUT2D eigenvalue weighted by Gasteiger charge is -2.18. The number of halogens is 1. The SMILES string of the molecule is Cc1ccc([C@H](OCCOC(=O)[C@@H](OC2CC2)c2ccc(Cl)cc2)C(=O)O)cc1. The summed E-state index contributed by atoms with van der Waals surface area (Å²) in [6, 6.07) is 13.9. The van der Waals surface area contributed by atoms with E-state index in [1.54, 1.807) is 36.4 Å². The number of rotatable bonds is 10. The zero-order valence-corrected chi connectivity index (χ0v) is 16.8. The summed E-state index contributed by atoms with van der Waals surface area (Å²) in [5.41, 5.74) is 2.22. The van der Waals surface area contributed by atoms with Crippen molar-refractivity contribution in [3.05, 3.63) is 70.2 Å². The Hall–Kier alpha value is -2.41. The number of esters is 1. The van der Waals surface area contributed by atoms with Crippen LogP contribution in [0.5, 0.6) is 0 Å². The summed E-state index contributed by atoms with van der Waals surface area (Å²) in [5, 5.41) is 9.97. The van der Waals surface area contributed by atoms with Gasteiger partial charge in [-0.25, -0.2) is 9.59 Å². The largest absolute Gasteiger partial charge is 0.479 e. The van der Waals surface area contributed by atoms with E-state index in [0.717, 1.165) is 18.4 Å². The van der Waals surface area contributed by atoms with Gasteiger partial charge in [-0.1, -0.05) is 53.6 Å². The third-order valence-electron chi connectivity index (χ3n) is 4.46. The number of benzene rings is 2. The minimum atomic E-state index is -1.12. The Bertz CT molecular complexity index is 829. The van der Waals surface area contributed by atoms with Gasteiger partial charge >= 0.3 is 11.9 Å². The van der Waals surface area contributed by atoms with Crippen LogP contribution in [0.4, 0.5) is 0 Å². The number of ether oxygens (including phenoxy) is 3. The smallest absolute Gasteiger partial charge is 0.340 e. The number of hydrogen-bond donors (Lipinski definition) is 1. The molecule has 29 heavy (non-hydrogen) atoms. The summed E-state index contributed by atoms with van der Waals surface area (Å²) in [7, 11) is 0. The molecule has 7 heteroatoms. The molecule has 1 saturated carbocycles. The molecule has 0 aliphatic heterocycles. The van der Waals surface area contributed by atoms with Crippen LogP contribution in [0.25, 0.3) is 0 Å². The van der Waals surface area contributed by atoms with E-state index in [-0.39, 0.29) is 19.3 Å². The highest BCUT2D eigenvalue weighted by Gasteiger charge is 2.32. The van der Waals surface area contributed by atoms with Crippen LogP contribution in [-0.4, -0.2) is 36.4 Å². The van der Waals surface area contributed by atoms with Crippen molar-refractivity contribution in [2.75, 3.05) is 13.2 Å². The summed E-state index contributed by atoms with van der Waals surface area (Å²) < 4.78 is 16.5. The van der Waals surface area contributed by atoms with E-state index >= 15 is 0 Å². The molecule has 6 nitrogen and oxygen atoms in total. The summed E-state index contributed by atoms with van der Waals surface area (Å²) in [4.78, 5) is 24.0. The Kier molecular flexibility index (Phi) is 7.25. The topological polar surface area (TPSA) is 82.1 Å². The van der Waals surface area contributed by atoms with Gasteiger partial charge in [0.15, 0.2) is 12.2 Å². The Morgan fingerprint density at radius 2 is 1.59 bits per heavy atom. The fraction of sp³-hybridized carbons (Fsp3) is 0.364. The highest BCUT2D eigenvalue weighted by Crippen LogP contribution is 2.32. The number of hydrogen-bond acceptors (Lipinski definition) is 5. The average Bonchev–Trinajstić information content (AvgIpc) is 3.52. The molecule has 1 fully saturated rings. The zero-order valence-electron chi connectivity index (χ0n) is 16.0. The average molecular weight is 419 g/mol. The minimum Gasteiger partial charge on any atom is -0.479 e. The van der Waals surface area contributed by atoms with Crippen molar-refractivity contribution in [2.24, 2.45) is 0 Å². The lowest BCUT2D eigenvalue weighted by atomic mass is 10.1. The number of aryl methyl sites for hydroxylation is 1. The number of carbonyl (C=O) groups is 2. The standard InChI is InChI=1S/C22H23ClO6/c1-14-2-4-15(5-3-14)19(21(24)25)27-12-13-28-22(26)20(29-18-10-11-18)16-6-8-17(23)9-7-16/h2-9,18-20H,10-13H2,1H3,(H,24,25)/t19-,20-/m0/s1. The van der Waals surface area contributed by atoms with Crippen molar-refractivity contribution >= 4 is 23.5 Å². The minimum absolute atomic E-state index is 0.0483. The first kappa shape index (κ1) is 21.3. The predicted octanol–water partition coefficient (Wildman–Crippen LogP) is 4.25. The third kappa shape index (κ3) is 6.29. The quantitative estimate of drug-likeness (QED) is 0.458. The van der Waals surface area contributed by atoms with Crippen molar-refractivity contribution in [3.63, 3.8) is 0 Å². The van der Waals surface area contributed by atoms with Gasteiger partial charge in [0, 0.05) is 5.02 Å². The van der Waals surface area contributed by atoms with E-state index in [2.05, 4.69) is 0 Å². The maximum Gasteiger partial charge on any atom is 0.340 e. The van der Waals surface area contributed by atoms with E-state index in [1.165, 1.54) is 0 Å². The molecule has 1 aliphatic rings. The summed E-state index contributed by atoms with van der Waals surface area (Å²) in [5.74, 6) is -1.64. The molecule has 2 aromatic rings. The van der Waals surface area contributed by atoms with Gasteiger partial charge in [0.05, 0.1) is 12.7 Å². The molecule has 0 amide bonds. The molecule has 0 spiro atoms. The molecule has 0 unspecified atom stereocenters. The lowest BCUT2D eigenvalue weighted by Crippen LogP contribution is -2.23. The van der Waals surface area contributed by atoms with Crippen molar-refractivity contribution in [2.45, 2.75) is 38.1 Å². The van der Waals surface area contributed by atoms with Crippen LogP contribution < -0.4 is 0 Å². The molecular formula is C22H23ClO6. The Morgan fingerprint density at radius 3 is 2.17 bits per heavy atom. The first-order chi connectivity index (χ1) is 13.9. The van der Waals surface area contributed by atoms with Gasteiger partial charge in [-0.05, 0) is 43.0 Å². The number of carboxylic acids is 1. The Morgan fingerprint density at radius 1 is 1.00 bits per heavy atom. The van der Waals surface area contributed by atoms with E-state index in [0.29, 0.717) is 16.1 Å². The second-order valence-corrected chi connectivity index (χ2v) is 7.37. The summed E-state index contributed by atoms with van der Waals surface area (Å²) >= 11 is 5.91. The van der Waals surface area contributed by atoms with E-state index in [4.69, 9.17) is 25.8 Å². The molecule has 1 aliphatic carbocycles. The Labute approximate surface area is 174 Å². The normalized spacial score (nSPS) is 15.5. The zero-order chi connectivity index (χ0) is 20.8.